The van der Waals surface area contributed by atoms with E-state index < -0.39 is 6.36 Å². The van der Waals surface area contributed by atoms with Crippen molar-refractivity contribution in [3.8, 4) is 11.6 Å². The third kappa shape index (κ3) is 7.95. The molecule has 0 saturated carbocycles. The van der Waals surface area contributed by atoms with Gasteiger partial charge in [-0.25, -0.2) is 15.0 Å². The van der Waals surface area contributed by atoms with Gasteiger partial charge in [-0.2, -0.15) is 5.10 Å². The molecular weight excluding hydrogens is 465 g/mol. The molecule has 0 aliphatic heterocycles. The van der Waals surface area contributed by atoms with E-state index in [2.05, 4.69) is 29.8 Å². The molecule has 35 heavy (non-hydrogen) atoms. The monoisotopic (exact) mass is 486 g/mol. The molecule has 0 radical (unpaired) electrons. The van der Waals surface area contributed by atoms with Gasteiger partial charge in [0, 0.05) is 12.6 Å². The van der Waals surface area contributed by atoms with E-state index in [1.165, 1.54) is 36.9 Å². The van der Waals surface area contributed by atoms with E-state index in [1.54, 1.807) is 35.6 Å². The summed E-state index contributed by atoms with van der Waals surface area (Å²) in [4.78, 5) is 16.8. The highest BCUT2D eigenvalue weighted by Crippen LogP contribution is 2.23. The first-order chi connectivity index (χ1) is 16.9. The molecule has 4 rings (SSSR count). The lowest BCUT2D eigenvalue weighted by Crippen LogP contribution is -2.16. The van der Waals surface area contributed by atoms with E-state index in [9.17, 15) is 13.2 Å². The summed E-state index contributed by atoms with van der Waals surface area (Å²) in [7, 11) is 0. The van der Waals surface area contributed by atoms with Gasteiger partial charge in [0.1, 0.15) is 37.0 Å². The van der Waals surface area contributed by atoms with Gasteiger partial charge in [-0.3, -0.25) is 9.67 Å². The molecule has 0 unspecified atom stereocenters. The molecule has 0 N–H and O–H groups in total. The van der Waals surface area contributed by atoms with E-state index in [4.69, 9.17) is 9.15 Å². The van der Waals surface area contributed by atoms with Crippen molar-refractivity contribution in [2.24, 2.45) is 0 Å². The maximum absolute atomic E-state index is 12.2. The SMILES string of the molecule is FC(F)(F)Oc1ccc(/C=C/c2nc(COc3cnc(CCCCn4cncn4)cn3)co2)cc1. The molecule has 1 aromatic carbocycles. The smallest absolute Gasteiger partial charge is 0.470 e. The van der Waals surface area contributed by atoms with Crippen molar-refractivity contribution < 1.29 is 27.1 Å². The van der Waals surface area contributed by atoms with Crippen molar-refractivity contribution in [1.29, 1.82) is 0 Å². The number of hydrogen-bond acceptors (Lipinski definition) is 8. The zero-order chi connectivity index (χ0) is 24.5. The highest BCUT2D eigenvalue weighted by atomic mass is 19.4. The van der Waals surface area contributed by atoms with E-state index >= 15 is 0 Å². The average Bonchev–Trinajstić information content (AvgIpc) is 3.52. The number of nitrogens with zero attached hydrogens (tertiary/aromatic N) is 6. The van der Waals surface area contributed by atoms with Crippen molar-refractivity contribution in [2.45, 2.75) is 38.8 Å². The number of ether oxygens (including phenoxy) is 2. The summed E-state index contributed by atoms with van der Waals surface area (Å²) in [6, 6.07) is 5.44. The fourth-order valence-electron chi connectivity index (χ4n) is 3.04. The molecule has 0 aliphatic carbocycles. The molecular formula is C23H21F3N6O3. The molecule has 0 fully saturated rings. The maximum Gasteiger partial charge on any atom is 0.573 e. The summed E-state index contributed by atoms with van der Waals surface area (Å²) in [5.41, 5.74) is 2.09. The van der Waals surface area contributed by atoms with Crippen molar-refractivity contribution >= 4 is 12.2 Å². The predicted octanol–water partition coefficient (Wildman–Crippen LogP) is 4.73. The van der Waals surface area contributed by atoms with Crippen LogP contribution >= 0.6 is 0 Å². The first-order valence-electron chi connectivity index (χ1n) is 10.7. The second-order valence-corrected chi connectivity index (χ2v) is 7.38. The molecule has 0 atom stereocenters. The number of rotatable bonds is 11. The van der Waals surface area contributed by atoms with Crippen LogP contribution < -0.4 is 9.47 Å². The molecule has 3 heterocycles. The van der Waals surface area contributed by atoms with Crippen LogP contribution in [0.3, 0.4) is 0 Å². The second kappa shape index (κ2) is 11.3. The molecule has 0 aliphatic rings. The largest absolute Gasteiger partial charge is 0.573 e. The minimum atomic E-state index is -4.72. The molecule has 12 heteroatoms. The summed E-state index contributed by atoms with van der Waals surface area (Å²) in [6.07, 6.45) is 9.18. The van der Waals surface area contributed by atoms with Crippen molar-refractivity contribution in [2.75, 3.05) is 0 Å². The van der Waals surface area contributed by atoms with Crippen LogP contribution in [0.2, 0.25) is 0 Å². The van der Waals surface area contributed by atoms with Crippen molar-refractivity contribution in [1.82, 2.24) is 29.7 Å². The summed E-state index contributed by atoms with van der Waals surface area (Å²) in [5.74, 6) is 0.411. The number of unbranched alkanes of at least 4 members (excludes halogenated alkanes) is 1. The third-order valence-corrected chi connectivity index (χ3v) is 4.69. The predicted molar refractivity (Wildman–Crippen MR) is 118 cm³/mol. The standard InChI is InChI=1S/C23H21F3N6O3/c24-23(25,26)35-20-7-4-17(5-8-20)6-9-21-31-19(13-33-21)14-34-22-12-28-18(11-29-22)3-1-2-10-32-16-27-15-30-32/h4-9,11-13,15-16H,1-3,10,14H2/b9-6+. The highest BCUT2D eigenvalue weighted by molar-refractivity contribution is 5.66. The minimum absolute atomic E-state index is 0.146. The summed E-state index contributed by atoms with van der Waals surface area (Å²) < 4.78 is 53.3. The van der Waals surface area contributed by atoms with E-state index in [0.717, 1.165) is 31.5 Å². The van der Waals surface area contributed by atoms with E-state index in [-0.39, 0.29) is 12.4 Å². The molecule has 0 spiro atoms. The number of halogens is 3. The Bertz CT molecular complexity index is 1210. The van der Waals surface area contributed by atoms with Crippen LogP contribution in [0.25, 0.3) is 12.2 Å². The van der Waals surface area contributed by atoms with E-state index in [1.807, 2.05) is 0 Å². The number of oxazole rings is 1. The lowest BCUT2D eigenvalue weighted by Gasteiger charge is -2.08. The Morgan fingerprint density at radius 3 is 2.57 bits per heavy atom. The first-order valence-corrected chi connectivity index (χ1v) is 10.7. The molecule has 0 bridgehead atoms. The van der Waals surface area contributed by atoms with Gasteiger partial charge in [0.2, 0.25) is 11.8 Å². The molecule has 182 valence electrons. The Hall–Kier alpha value is -4.22. The lowest BCUT2D eigenvalue weighted by atomic mass is 10.2. The van der Waals surface area contributed by atoms with Crippen LogP contribution in [0, 0.1) is 0 Å². The Kier molecular flexibility index (Phi) is 7.70. The molecule has 9 nitrogen and oxygen atoms in total. The summed E-state index contributed by atoms with van der Waals surface area (Å²) in [6.45, 7) is 0.958. The average molecular weight is 486 g/mol. The Labute approximate surface area is 198 Å². The van der Waals surface area contributed by atoms with Gasteiger partial charge in [-0.1, -0.05) is 12.1 Å². The van der Waals surface area contributed by atoms with Crippen LogP contribution in [-0.4, -0.2) is 36.1 Å². The second-order valence-electron chi connectivity index (χ2n) is 7.38. The number of aryl methyl sites for hydroxylation is 2. The van der Waals surface area contributed by atoms with Gasteiger partial charge in [0.05, 0.1) is 18.1 Å². The lowest BCUT2D eigenvalue weighted by molar-refractivity contribution is -0.274. The van der Waals surface area contributed by atoms with Crippen LogP contribution in [0.5, 0.6) is 11.6 Å². The zero-order valence-corrected chi connectivity index (χ0v) is 18.4. The molecule has 4 aromatic rings. The van der Waals surface area contributed by atoms with Crippen molar-refractivity contribution in [3.05, 3.63) is 78.4 Å². The highest BCUT2D eigenvalue weighted by Gasteiger charge is 2.30. The Balaban J connectivity index is 1.20. The zero-order valence-electron chi connectivity index (χ0n) is 18.4. The number of alkyl halides is 3. The van der Waals surface area contributed by atoms with Crippen LogP contribution in [-0.2, 0) is 19.6 Å². The Morgan fingerprint density at radius 1 is 1.00 bits per heavy atom. The topological polar surface area (TPSA) is 101 Å². The van der Waals surface area contributed by atoms with Crippen LogP contribution in [0.15, 0.2) is 60.0 Å². The third-order valence-electron chi connectivity index (χ3n) is 4.69. The number of benzene rings is 1. The maximum atomic E-state index is 12.2. The van der Waals surface area contributed by atoms with Gasteiger partial charge in [0.25, 0.3) is 0 Å². The number of aromatic nitrogens is 6. The fraction of sp³-hybridized carbons (Fsp3) is 0.261. The van der Waals surface area contributed by atoms with Gasteiger partial charge in [0.15, 0.2) is 0 Å². The normalized spacial score (nSPS) is 11.7. The van der Waals surface area contributed by atoms with Crippen molar-refractivity contribution in [3.63, 3.8) is 0 Å². The molecule has 3 aromatic heterocycles. The van der Waals surface area contributed by atoms with Gasteiger partial charge in [-0.05, 0) is 43.0 Å². The number of hydrogen-bond donors (Lipinski definition) is 0. The van der Waals surface area contributed by atoms with E-state index in [0.29, 0.717) is 23.0 Å². The summed E-state index contributed by atoms with van der Waals surface area (Å²) in [5, 5.41) is 4.07. The molecule has 0 amide bonds. The fourth-order valence-corrected chi connectivity index (χ4v) is 3.04. The van der Waals surface area contributed by atoms with Gasteiger partial charge >= 0.3 is 6.36 Å². The minimum Gasteiger partial charge on any atom is -0.470 e. The summed E-state index contributed by atoms with van der Waals surface area (Å²) >= 11 is 0. The van der Waals surface area contributed by atoms with Crippen LogP contribution in [0.1, 0.15) is 35.7 Å². The molecule has 0 saturated heterocycles. The van der Waals surface area contributed by atoms with Crippen LogP contribution in [0.4, 0.5) is 13.2 Å². The van der Waals surface area contributed by atoms with Gasteiger partial charge in [-0.15, -0.1) is 13.2 Å². The quantitative estimate of drug-likeness (QED) is 0.281. The Morgan fingerprint density at radius 2 is 1.86 bits per heavy atom. The van der Waals surface area contributed by atoms with Gasteiger partial charge < -0.3 is 13.9 Å². The first kappa shape index (κ1) is 23.9.